The molecular formula is C30H31NO8. The third kappa shape index (κ3) is 4.77. The van der Waals surface area contributed by atoms with E-state index in [4.69, 9.17) is 28.7 Å². The summed E-state index contributed by atoms with van der Waals surface area (Å²) in [5, 5.41) is 0. The lowest BCUT2D eigenvalue weighted by molar-refractivity contribution is -0.153. The largest absolute Gasteiger partial charge is 0.497 e. The molecule has 2 aromatic rings. The van der Waals surface area contributed by atoms with Crippen LogP contribution in [0.4, 0.5) is 0 Å². The van der Waals surface area contributed by atoms with Crippen LogP contribution in [0, 0.1) is 11.8 Å². The first-order chi connectivity index (χ1) is 18.9. The highest BCUT2D eigenvalue weighted by atomic mass is 16.7. The number of allylic oxidation sites excluding steroid dienone is 1. The molecule has 0 saturated heterocycles. The van der Waals surface area contributed by atoms with E-state index in [0.717, 1.165) is 5.56 Å². The van der Waals surface area contributed by atoms with Crippen molar-refractivity contribution in [3.8, 4) is 17.2 Å². The summed E-state index contributed by atoms with van der Waals surface area (Å²) >= 11 is 0. The van der Waals surface area contributed by atoms with Gasteiger partial charge in [0, 0.05) is 23.2 Å². The molecule has 5 rings (SSSR count). The number of esters is 2. The number of fused-ring (bicyclic) bond motifs is 2. The lowest BCUT2D eigenvalue weighted by Gasteiger charge is -2.41. The van der Waals surface area contributed by atoms with Crippen LogP contribution in [0.3, 0.4) is 0 Å². The summed E-state index contributed by atoms with van der Waals surface area (Å²) in [6.07, 6.45) is 0.335. The van der Waals surface area contributed by atoms with Gasteiger partial charge in [-0.05, 0) is 62.6 Å². The molecule has 1 fully saturated rings. The number of nitrogens with zero attached hydrogens (tertiary/aromatic N) is 1. The molecule has 0 radical (unpaired) electrons. The van der Waals surface area contributed by atoms with Crippen LogP contribution in [-0.4, -0.2) is 50.6 Å². The fourth-order valence-corrected chi connectivity index (χ4v) is 5.81. The molecule has 3 aliphatic rings. The molecule has 0 bridgehead atoms. The van der Waals surface area contributed by atoms with E-state index in [1.54, 1.807) is 40.0 Å². The minimum absolute atomic E-state index is 0.0886. The van der Waals surface area contributed by atoms with Gasteiger partial charge in [-0.2, -0.15) is 0 Å². The Morgan fingerprint density at radius 2 is 1.74 bits per heavy atom. The Bertz CT molecular complexity index is 1380. The Morgan fingerprint density at radius 3 is 2.49 bits per heavy atom. The van der Waals surface area contributed by atoms with Gasteiger partial charge >= 0.3 is 11.9 Å². The minimum Gasteiger partial charge on any atom is -0.497 e. The number of carbonyl (C=O) groups is 3. The van der Waals surface area contributed by atoms with Crippen molar-refractivity contribution in [2.24, 2.45) is 16.8 Å². The fraction of sp³-hybridized carbons (Fsp3) is 0.400. The monoisotopic (exact) mass is 533 g/mol. The van der Waals surface area contributed by atoms with Crippen LogP contribution >= 0.6 is 0 Å². The lowest BCUT2D eigenvalue weighted by atomic mass is 9.62. The molecule has 0 amide bonds. The van der Waals surface area contributed by atoms with Gasteiger partial charge in [0.2, 0.25) is 6.79 Å². The third-order valence-electron chi connectivity index (χ3n) is 7.46. The summed E-state index contributed by atoms with van der Waals surface area (Å²) < 4.78 is 27.3. The second-order valence-corrected chi connectivity index (χ2v) is 9.61. The Kier molecular flexibility index (Phi) is 7.41. The summed E-state index contributed by atoms with van der Waals surface area (Å²) in [4.78, 5) is 45.8. The summed E-state index contributed by atoms with van der Waals surface area (Å²) in [5.41, 5.74) is 2.84. The molecule has 2 heterocycles. The molecule has 2 aliphatic heterocycles. The maximum Gasteiger partial charge on any atom is 0.336 e. The normalized spacial score (nSPS) is 23.6. The van der Waals surface area contributed by atoms with Crippen molar-refractivity contribution in [2.45, 2.75) is 39.0 Å². The van der Waals surface area contributed by atoms with Gasteiger partial charge in [-0.15, -0.1) is 0 Å². The highest BCUT2D eigenvalue weighted by molar-refractivity contribution is 6.17. The molecule has 0 aromatic heterocycles. The molecule has 4 atom stereocenters. The molecule has 0 spiro atoms. The Balaban J connectivity index is 1.66. The molecule has 204 valence electrons. The van der Waals surface area contributed by atoms with Gasteiger partial charge in [0.1, 0.15) is 11.7 Å². The third-order valence-corrected chi connectivity index (χ3v) is 7.46. The number of methoxy groups -OCH3 is 1. The van der Waals surface area contributed by atoms with Crippen LogP contribution in [-0.2, 0) is 23.9 Å². The molecule has 0 N–H and O–H groups in total. The first-order valence-electron chi connectivity index (χ1n) is 13.1. The standard InChI is InChI=1S/C30H31NO8/c1-5-36-29(33)24-16(3)31-21-14-20(17-8-7-9-19(12-17)35-4)26(30(34)37-6-2)28(32)27(21)25(24)18-10-11-22-23(13-18)39-15-38-22/h7-13,20,25-27H,5-6,14-15H2,1-4H3/t20-,25-,26+,27?/m1/s1. The second kappa shape index (κ2) is 10.9. The molecule has 39 heavy (non-hydrogen) atoms. The van der Waals surface area contributed by atoms with E-state index in [2.05, 4.69) is 0 Å². The van der Waals surface area contributed by atoms with Crippen molar-refractivity contribution in [1.82, 2.24) is 0 Å². The molecule has 2 aromatic carbocycles. The number of hydrogen-bond donors (Lipinski definition) is 0. The molecule has 1 unspecified atom stereocenters. The lowest BCUT2D eigenvalue weighted by Crippen LogP contribution is -2.48. The number of ketones is 1. The van der Waals surface area contributed by atoms with Crippen molar-refractivity contribution in [1.29, 1.82) is 0 Å². The predicted molar refractivity (Wildman–Crippen MR) is 141 cm³/mol. The Hall–Kier alpha value is -4.14. The fourth-order valence-electron chi connectivity index (χ4n) is 5.81. The highest BCUT2D eigenvalue weighted by Crippen LogP contribution is 2.49. The van der Waals surface area contributed by atoms with Gasteiger partial charge in [0.05, 0.1) is 31.8 Å². The van der Waals surface area contributed by atoms with Crippen LogP contribution in [0.2, 0.25) is 0 Å². The number of hydrogen-bond acceptors (Lipinski definition) is 9. The number of aliphatic imine (C=N–C) groups is 1. The van der Waals surface area contributed by atoms with Crippen molar-refractivity contribution in [3.63, 3.8) is 0 Å². The zero-order valence-electron chi connectivity index (χ0n) is 22.4. The van der Waals surface area contributed by atoms with E-state index in [0.29, 0.717) is 46.2 Å². The quantitative estimate of drug-likeness (QED) is 0.382. The maximum atomic E-state index is 14.4. The van der Waals surface area contributed by atoms with Crippen molar-refractivity contribution < 1.29 is 38.1 Å². The Morgan fingerprint density at radius 1 is 0.974 bits per heavy atom. The van der Waals surface area contributed by atoms with Crippen LogP contribution in [0.15, 0.2) is 58.7 Å². The van der Waals surface area contributed by atoms with Crippen molar-refractivity contribution >= 4 is 23.4 Å². The number of carbonyl (C=O) groups excluding carboxylic acids is 3. The maximum absolute atomic E-state index is 14.4. The van der Waals surface area contributed by atoms with Gasteiger partial charge in [0.15, 0.2) is 17.3 Å². The first kappa shape index (κ1) is 26.5. The minimum atomic E-state index is -1.08. The van der Waals surface area contributed by atoms with Gasteiger partial charge < -0.3 is 23.7 Å². The second-order valence-electron chi connectivity index (χ2n) is 9.61. The smallest absolute Gasteiger partial charge is 0.336 e. The molecule has 9 heteroatoms. The van der Waals surface area contributed by atoms with E-state index in [1.165, 1.54) is 0 Å². The zero-order valence-corrected chi connectivity index (χ0v) is 22.4. The average Bonchev–Trinajstić information content (AvgIpc) is 3.40. The number of rotatable bonds is 7. The van der Waals surface area contributed by atoms with Gasteiger partial charge in [0.25, 0.3) is 0 Å². The SMILES string of the molecule is CCOC(=O)C1=C(C)N=C2C[C@H](c3cccc(OC)c3)[C@H](C(=O)OCC)C(=O)C2[C@@H]1c1ccc2c(c1)OCO2. The van der Waals surface area contributed by atoms with Gasteiger partial charge in [-0.1, -0.05) is 18.2 Å². The number of benzene rings is 2. The van der Waals surface area contributed by atoms with Crippen LogP contribution < -0.4 is 14.2 Å². The van der Waals surface area contributed by atoms with E-state index >= 15 is 0 Å². The zero-order chi connectivity index (χ0) is 27.7. The van der Waals surface area contributed by atoms with Crippen molar-refractivity contribution in [3.05, 3.63) is 64.9 Å². The molecule has 1 aliphatic carbocycles. The average molecular weight is 534 g/mol. The molecule has 9 nitrogen and oxygen atoms in total. The summed E-state index contributed by atoms with van der Waals surface area (Å²) in [5.74, 6) is -2.92. The van der Waals surface area contributed by atoms with E-state index in [1.807, 2.05) is 30.3 Å². The summed E-state index contributed by atoms with van der Waals surface area (Å²) in [6, 6.07) is 12.7. The van der Waals surface area contributed by atoms with Gasteiger partial charge in [-0.25, -0.2) is 4.79 Å². The molecular weight excluding hydrogens is 502 g/mol. The van der Waals surface area contributed by atoms with Gasteiger partial charge in [-0.3, -0.25) is 14.6 Å². The number of Topliss-reactive ketones (excluding diaryl/α,β-unsaturated/α-hetero) is 1. The summed E-state index contributed by atoms with van der Waals surface area (Å²) in [6.45, 7) is 5.57. The highest BCUT2D eigenvalue weighted by Gasteiger charge is 2.53. The van der Waals surface area contributed by atoms with Crippen LogP contribution in [0.25, 0.3) is 0 Å². The molecule has 1 saturated carbocycles. The summed E-state index contributed by atoms with van der Waals surface area (Å²) in [7, 11) is 1.57. The predicted octanol–water partition coefficient (Wildman–Crippen LogP) is 4.35. The number of ether oxygens (including phenoxy) is 5. The van der Waals surface area contributed by atoms with E-state index < -0.39 is 35.6 Å². The van der Waals surface area contributed by atoms with Crippen LogP contribution in [0.1, 0.15) is 50.2 Å². The van der Waals surface area contributed by atoms with Crippen molar-refractivity contribution in [2.75, 3.05) is 27.1 Å². The van der Waals surface area contributed by atoms with E-state index in [9.17, 15) is 14.4 Å². The topological polar surface area (TPSA) is 110 Å². The van der Waals surface area contributed by atoms with E-state index in [-0.39, 0.29) is 25.8 Å². The Labute approximate surface area is 226 Å². The first-order valence-corrected chi connectivity index (χ1v) is 13.1. The van der Waals surface area contributed by atoms with Crippen LogP contribution in [0.5, 0.6) is 17.2 Å².